The summed E-state index contributed by atoms with van der Waals surface area (Å²) in [5.41, 5.74) is 1.14. The van der Waals surface area contributed by atoms with Crippen molar-refractivity contribution in [2.24, 2.45) is 0 Å². The summed E-state index contributed by atoms with van der Waals surface area (Å²) in [7, 11) is 0. The Morgan fingerprint density at radius 1 is 0.786 bits per heavy atom. The van der Waals surface area contributed by atoms with E-state index in [1.807, 2.05) is 0 Å². The fourth-order valence-corrected chi connectivity index (χ4v) is 3.01. The average Bonchev–Trinajstić information content (AvgIpc) is 2.92. The Hall–Kier alpha value is -3.87. The monoisotopic (exact) mass is 378 g/mol. The van der Waals surface area contributed by atoms with E-state index in [-0.39, 0.29) is 11.3 Å². The van der Waals surface area contributed by atoms with Crippen molar-refractivity contribution >= 4 is 29.1 Å². The molecule has 0 spiro atoms. The van der Waals surface area contributed by atoms with Gasteiger partial charge in [0.15, 0.2) is 0 Å². The van der Waals surface area contributed by atoms with E-state index in [2.05, 4.69) is 5.32 Å². The van der Waals surface area contributed by atoms with Crippen LogP contribution in [0.5, 0.6) is 0 Å². The van der Waals surface area contributed by atoms with Crippen molar-refractivity contribution in [1.82, 2.24) is 0 Å². The number of hydrogen-bond acceptors (Lipinski definition) is 3. The van der Waals surface area contributed by atoms with Gasteiger partial charge in [0, 0.05) is 17.3 Å². The van der Waals surface area contributed by atoms with Crippen LogP contribution in [-0.4, -0.2) is 17.7 Å². The molecule has 1 heterocycles. The van der Waals surface area contributed by atoms with Gasteiger partial charge in [-0.15, -0.1) is 0 Å². The van der Waals surface area contributed by atoms with Crippen LogP contribution in [0.3, 0.4) is 0 Å². The number of carbonyl (C=O) groups is 3. The molecule has 4 rings (SSSR count). The van der Waals surface area contributed by atoms with Gasteiger partial charge in [0.1, 0.15) is 11.6 Å². The lowest BCUT2D eigenvalue weighted by Crippen LogP contribution is -2.29. The highest BCUT2D eigenvalue weighted by Crippen LogP contribution is 2.28. The molecule has 1 aliphatic heterocycles. The molecule has 0 fully saturated rings. The molecule has 3 aromatic rings. The van der Waals surface area contributed by atoms with Gasteiger partial charge in [-0.3, -0.25) is 14.4 Å². The van der Waals surface area contributed by atoms with Gasteiger partial charge >= 0.3 is 0 Å². The number of halogens is 2. The van der Waals surface area contributed by atoms with E-state index in [0.717, 1.165) is 17.0 Å². The molecule has 5 nitrogen and oxygen atoms in total. The van der Waals surface area contributed by atoms with Crippen molar-refractivity contribution in [2.45, 2.75) is 0 Å². The summed E-state index contributed by atoms with van der Waals surface area (Å²) in [5.74, 6) is -3.08. The molecule has 0 atom stereocenters. The molecule has 0 aromatic heterocycles. The Kier molecular flexibility index (Phi) is 4.19. The summed E-state index contributed by atoms with van der Waals surface area (Å²) < 4.78 is 26.5. The standard InChI is InChI=1S/C21H12F2N2O3/c22-13-9-14(23)11-15(10-13)24-19(26)12-5-7-16(8-6-12)25-20(27)17-3-1-2-4-18(17)21(25)28/h1-11H,(H,24,26). The molecule has 3 aromatic carbocycles. The van der Waals surface area contributed by atoms with Gasteiger partial charge < -0.3 is 5.32 Å². The van der Waals surface area contributed by atoms with E-state index < -0.39 is 29.4 Å². The van der Waals surface area contributed by atoms with Crippen molar-refractivity contribution in [2.75, 3.05) is 10.2 Å². The number of carbonyl (C=O) groups excluding carboxylic acids is 3. The van der Waals surface area contributed by atoms with E-state index in [0.29, 0.717) is 22.9 Å². The fraction of sp³-hybridized carbons (Fsp3) is 0. The van der Waals surface area contributed by atoms with Crippen molar-refractivity contribution in [3.8, 4) is 0 Å². The number of hydrogen-bond donors (Lipinski definition) is 1. The molecule has 0 saturated carbocycles. The van der Waals surface area contributed by atoms with Gasteiger partial charge in [-0.2, -0.15) is 0 Å². The second-order valence-corrected chi connectivity index (χ2v) is 6.15. The molecule has 1 aliphatic rings. The molecule has 0 radical (unpaired) electrons. The first-order valence-corrected chi connectivity index (χ1v) is 8.29. The van der Waals surface area contributed by atoms with Crippen LogP contribution < -0.4 is 10.2 Å². The van der Waals surface area contributed by atoms with Crippen molar-refractivity contribution < 1.29 is 23.2 Å². The molecule has 7 heteroatoms. The Morgan fingerprint density at radius 2 is 1.32 bits per heavy atom. The zero-order chi connectivity index (χ0) is 19.8. The molecule has 0 unspecified atom stereocenters. The van der Waals surface area contributed by atoms with Gasteiger partial charge in [0.05, 0.1) is 16.8 Å². The molecule has 3 amide bonds. The average molecular weight is 378 g/mol. The lowest BCUT2D eigenvalue weighted by molar-refractivity contribution is 0.0925. The van der Waals surface area contributed by atoms with Crippen LogP contribution in [0.25, 0.3) is 0 Å². The fourth-order valence-electron chi connectivity index (χ4n) is 3.01. The maximum absolute atomic E-state index is 13.2. The molecule has 0 bridgehead atoms. The largest absolute Gasteiger partial charge is 0.322 e. The minimum Gasteiger partial charge on any atom is -0.322 e. The zero-order valence-corrected chi connectivity index (χ0v) is 14.3. The first-order valence-electron chi connectivity index (χ1n) is 8.29. The molecule has 28 heavy (non-hydrogen) atoms. The van der Waals surface area contributed by atoms with Crippen LogP contribution in [0.4, 0.5) is 20.2 Å². The third kappa shape index (κ3) is 3.03. The van der Waals surface area contributed by atoms with E-state index in [1.54, 1.807) is 24.3 Å². The smallest absolute Gasteiger partial charge is 0.266 e. The first-order chi connectivity index (χ1) is 13.4. The highest BCUT2D eigenvalue weighted by atomic mass is 19.1. The SMILES string of the molecule is O=C(Nc1cc(F)cc(F)c1)c1ccc(N2C(=O)c3ccccc3C2=O)cc1. The topological polar surface area (TPSA) is 66.5 Å². The summed E-state index contributed by atoms with van der Waals surface area (Å²) in [6, 6.07) is 15.0. The lowest BCUT2D eigenvalue weighted by Gasteiger charge is -2.14. The highest BCUT2D eigenvalue weighted by molar-refractivity contribution is 6.34. The molecule has 0 aliphatic carbocycles. The van der Waals surface area contributed by atoms with Crippen LogP contribution in [0, 0.1) is 11.6 Å². The van der Waals surface area contributed by atoms with E-state index >= 15 is 0 Å². The van der Waals surface area contributed by atoms with E-state index in [4.69, 9.17) is 0 Å². The summed E-state index contributed by atoms with van der Waals surface area (Å²) in [6.45, 7) is 0. The van der Waals surface area contributed by atoms with Crippen molar-refractivity contribution in [1.29, 1.82) is 0 Å². The van der Waals surface area contributed by atoms with Gasteiger partial charge in [0.2, 0.25) is 0 Å². The normalized spacial score (nSPS) is 12.9. The Morgan fingerprint density at radius 3 is 1.86 bits per heavy atom. The zero-order valence-electron chi connectivity index (χ0n) is 14.3. The summed E-state index contributed by atoms with van der Waals surface area (Å²) >= 11 is 0. The van der Waals surface area contributed by atoms with E-state index in [9.17, 15) is 23.2 Å². The maximum Gasteiger partial charge on any atom is 0.266 e. The van der Waals surface area contributed by atoms with Gasteiger partial charge in [-0.25, -0.2) is 13.7 Å². The minimum absolute atomic E-state index is 0.0214. The van der Waals surface area contributed by atoms with Crippen LogP contribution in [-0.2, 0) is 0 Å². The quantitative estimate of drug-likeness (QED) is 0.700. The van der Waals surface area contributed by atoms with Crippen LogP contribution in [0.2, 0.25) is 0 Å². The molecule has 0 saturated heterocycles. The number of anilines is 2. The number of nitrogens with one attached hydrogen (secondary N) is 1. The Balaban J connectivity index is 1.55. The van der Waals surface area contributed by atoms with Gasteiger partial charge in [-0.05, 0) is 48.5 Å². The van der Waals surface area contributed by atoms with Crippen molar-refractivity contribution in [3.63, 3.8) is 0 Å². The number of rotatable bonds is 3. The highest BCUT2D eigenvalue weighted by Gasteiger charge is 2.36. The summed E-state index contributed by atoms with van der Waals surface area (Å²) in [6.07, 6.45) is 0. The minimum atomic E-state index is -0.809. The summed E-state index contributed by atoms with van der Waals surface area (Å²) in [5, 5.41) is 2.39. The number of fused-ring (bicyclic) bond motifs is 1. The predicted octanol–water partition coefficient (Wildman–Crippen LogP) is 4.02. The van der Waals surface area contributed by atoms with Crippen LogP contribution in [0.1, 0.15) is 31.1 Å². The van der Waals surface area contributed by atoms with Gasteiger partial charge in [-0.1, -0.05) is 12.1 Å². The number of nitrogens with zero attached hydrogens (tertiary/aromatic N) is 1. The Bertz CT molecular complexity index is 1070. The van der Waals surface area contributed by atoms with Gasteiger partial charge in [0.25, 0.3) is 17.7 Å². The molecule has 138 valence electrons. The second kappa shape index (κ2) is 6.70. The molecular formula is C21H12F2N2O3. The molecule has 1 N–H and O–H groups in total. The van der Waals surface area contributed by atoms with Crippen molar-refractivity contribution in [3.05, 3.63) is 95.1 Å². The first kappa shape index (κ1) is 17.5. The Labute approximate surface area is 158 Å². The third-order valence-electron chi connectivity index (χ3n) is 4.30. The van der Waals surface area contributed by atoms with Crippen LogP contribution >= 0.6 is 0 Å². The second-order valence-electron chi connectivity index (χ2n) is 6.15. The summed E-state index contributed by atoms with van der Waals surface area (Å²) in [4.78, 5) is 38.3. The third-order valence-corrected chi connectivity index (χ3v) is 4.30. The number of imide groups is 1. The van der Waals surface area contributed by atoms with E-state index in [1.165, 1.54) is 24.3 Å². The maximum atomic E-state index is 13.2. The number of amides is 3. The lowest BCUT2D eigenvalue weighted by atomic mass is 10.1. The van der Waals surface area contributed by atoms with Crippen LogP contribution in [0.15, 0.2) is 66.7 Å². The number of benzene rings is 3. The predicted molar refractivity (Wildman–Crippen MR) is 98.3 cm³/mol. The molecular weight excluding hydrogens is 366 g/mol.